The van der Waals surface area contributed by atoms with Crippen LogP contribution in [0.15, 0.2) is 17.0 Å². The first-order valence-corrected chi connectivity index (χ1v) is 9.41. The Kier molecular flexibility index (Phi) is 5.16. The molecule has 0 N–H and O–H groups in total. The first kappa shape index (κ1) is 17.9. The molecule has 0 saturated carbocycles. The quantitative estimate of drug-likeness (QED) is 0.850. The third-order valence-corrected chi connectivity index (χ3v) is 6.51. The van der Waals surface area contributed by atoms with Gasteiger partial charge in [0.15, 0.2) is 0 Å². The van der Waals surface area contributed by atoms with E-state index in [0.717, 1.165) is 31.5 Å². The monoisotopic (exact) mass is 338 g/mol. The number of likely N-dealkylation sites (tertiary alicyclic amines) is 1. The Balaban J connectivity index is 2.45. The van der Waals surface area contributed by atoms with Crippen LogP contribution in [0.3, 0.4) is 0 Å². The fourth-order valence-electron chi connectivity index (χ4n) is 2.97. The number of carbonyl (C=O) groups is 1. The molecule has 2 rings (SSSR count). The van der Waals surface area contributed by atoms with Crippen LogP contribution in [0.2, 0.25) is 0 Å². The number of aryl methyl sites for hydroxylation is 1. The SMILES string of the molecule is Cc1cc(C(=O)N2CCC[C@@H](C)C2)cc(S(=O)(=O)N(C)C)c1C. The highest BCUT2D eigenvalue weighted by Crippen LogP contribution is 2.25. The fraction of sp³-hybridized carbons (Fsp3) is 0.588. The average Bonchev–Trinajstić information content (AvgIpc) is 2.48. The molecule has 1 aliphatic heterocycles. The highest BCUT2D eigenvalue weighted by atomic mass is 32.2. The molecule has 1 amide bonds. The van der Waals surface area contributed by atoms with Gasteiger partial charge >= 0.3 is 0 Å². The summed E-state index contributed by atoms with van der Waals surface area (Å²) < 4.78 is 26.2. The number of carbonyl (C=O) groups excluding carboxylic acids is 1. The van der Waals surface area contributed by atoms with E-state index in [1.165, 1.54) is 24.5 Å². The van der Waals surface area contributed by atoms with Gasteiger partial charge in [-0.2, -0.15) is 0 Å². The lowest BCUT2D eigenvalue weighted by Crippen LogP contribution is -2.39. The molecule has 1 aromatic carbocycles. The number of sulfonamides is 1. The second-order valence-electron chi connectivity index (χ2n) is 6.70. The molecule has 0 unspecified atom stereocenters. The van der Waals surface area contributed by atoms with E-state index in [2.05, 4.69) is 6.92 Å². The van der Waals surface area contributed by atoms with Crippen LogP contribution in [0, 0.1) is 19.8 Å². The van der Waals surface area contributed by atoms with Crippen LogP contribution in [0.1, 0.15) is 41.3 Å². The van der Waals surface area contributed by atoms with Crippen LogP contribution < -0.4 is 0 Å². The normalized spacial score (nSPS) is 19.2. The Bertz CT molecular complexity index is 711. The third kappa shape index (κ3) is 3.58. The second-order valence-corrected chi connectivity index (χ2v) is 8.82. The molecule has 0 bridgehead atoms. The summed E-state index contributed by atoms with van der Waals surface area (Å²) >= 11 is 0. The zero-order valence-electron chi connectivity index (χ0n) is 14.6. The van der Waals surface area contributed by atoms with Crippen molar-refractivity contribution in [2.45, 2.75) is 38.5 Å². The second kappa shape index (κ2) is 6.61. The van der Waals surface area contributed by atoms with E-state index in [9.17, 15) is 13.2 Å². The Labute approximate surface area is 139 Å². The Hall–Kier alpha value is -1.40. The standard InChI is InChI=1S/C17H26N2O3S/c1-12-7-6-8-19(11-12)17(20)15-9-13(2)14(3)16(10-15)23(21,22)18(4)5/h9-10,12H,6-8,11H2,1-5H3/t12-/m1/s1. The molecule has 0 aromatic heterocycles. The average molecular weight is 338 g/mol. The summed E-state index contributed by atoms with van der Waals surface area (Å²) in [7, 11) is -0.555. The van der Waals surface area contributed by atoms with Crippen molar-refractivity contribution in [3.8, 4) is 0 Å². The summed E-state index contributed by atoms with van der Waals surface area (Å²) in [6.07, 6.45) is 2.14. The molecule has 6 heteroatoms. The van der Waals surface area contributed by atoms with E-state index in [4.69, 9.17) is 0 Å². The highest BCUT2D eigenvalue weighted by Gasteiger charge is 2.26. The van der Waals surface area contributed by atoms with E-state index >= 15 is 0 Å². The first-order valence-electron chi connectivity index (χ1n) is 7.97. The van der Waals surface area contributed by atoms with E-state index in [0.29, 0.717) is 17.0 Å². The summed E-state index contributed by atoms with van der Waals surface area (Å²) in [5.74, 6) is 0.416. The smallest absolute Gasteiger partial charge is 0.253 e. The fourth-order valence-corrected chi connectivity index (χ4v) is 4.19. The van der Waals surface area contributed by atoms with Crippen molar-refractivity contribution in [3.05, 3.63) is 28.8 Å². The van der Waals surface area contributed by atoms with Crippen molar-refractivity contribution in [2.24, 2.45) is 5.92 Å². The van der Waals surface area contributed by atoms with Crippen molar-refractivity contribution in [1.82, 2.24) is 9.21 Å². The predicted molar refractivity (Wildman–Crippen MR) is 91.1 cm³/mol. The van der Waals surface area contributed by atoms with Crippen LogP contribution in [-0.4, -0.2) is 50.7 Å². The van der Waals surface area contributed by atoms with Crippen molar-refractivity contribution in [2.75, 3.05) is 27.2 Å². The van der Waals surface area contributed by atoms with Gasteiger partial charge < -0.3 is 4.90 Å². The molecule has 0 spiro atoms. The van der Waals surface area contributed by atoms with Crippen molar-refractivity contribution >= 4 is 15.9 Å². The number of rotatable bonds is 3. The lowest BCUT2D eigenvalue weighted by Gasteiger charge is -2.31. The van der Waals surface area contributed by atoms with Gasteiger partial charge in [0.25, 0.3) is 5.91 Å². The zero-order chi connectivity index (χ0) is 17.4. The molecule has 5 nitrogen and oxygen atoms in total. The minimum atomic E-state index is -3.56. The molecule has 1 aromatic rings. The lowest BCUT2D eigenvalue weighted by atomic mass is 9.99. The predicted octanol–water partition coefficient (Wildman–Crippen LogP) is 2.43. The van der Waals surface area contributed by atoms with Gasteiger partial charge in [0.1, 0.15) is 0 Å². The Morgan fingerprint density at radius 3 is 2.48 bits per heavy atom. The molecule has 23 heavy (non-hydrogen) atoms. The van der Waals surface area contributed by atoms with Crippen LogP contribution >= 0.6 is 0 Å². The maximum absolute atomic E-state index is 12.8. The van der Waals surface area contributed by atoms with Gasteiger partial charge in [0, 0.05) is 32.7 Å². The number of benzene rings is 1. The van der Waals surface area contributed by atoms with E-state index in [1.54, 1.807) is 13.0 Å². The molecule has 1 atom stereocenters. The van der Waals surface area contributed by atoms with E-state index in [-0.39, 0.29) is 10.8 Å². The van der Waals surface area contributed by atoms with Gasteiger partial charge in [-0.1, -0.05) is 6.92 Å². The van der Waals surface area contributed by atoms with Gasteiger partial charge in [0.05, 0.1) is 4.90 Å². The van der Waals surface area contributed by atoms with Crippen molar-refractivity contribution < 1.29 is 13.2 Å². The van der Waals surface area contributed by atoms with Crippen LogP contribution in [0.5, 0.6) is 0 Å². The number of hydrogen-bond acceptors (Lipinski definition) is 3. The minimum absolute atomic E-state index is 0.0742. The first-order chi connectivity index (χ1) is 10.6. The maximum Gasteiger partial charge on any atom is 0.253 e. The van der Waals surface area contributed by atoms with Crippen LogP contribution in [0.4, 0.5) is 0 Å². The molecule has 128 valence electrons. The van der Waals surface area contributed by atoms with E-state index < -0.39 is 10.0 Å². The summed E-state index contributed by atoms with van der Waals surface area (Å²) in [6, 6.07) is 3.32. The molecule has 0 radical (unpaired) electrons. The Morgan fingerprint density at radius 2 is 1.91 bits per heavy atom. The van der Waals surface area contributed by atoms with Crippen molar-refractivity contribution in [3.63, 3.8) is 0 Å². The van der Waals surface area contributed by atoms with Crippen LogP contribution in [0.25, 0.3) is 0 Å². The van der Waals surface area contributed by atoms with Crippen LogP contribution in [-0.2, 0) is 10.0 Å². The largest absolute Gasteiger partial charge is 0.338 e. The number of piperidine rings is 1. The Morgan fingerprint density at radius 1 is 1.26 bits per heavy atom. The minimum Gasteiger partial charge on any atom is -0.338 e. The molecule has 1 fully saturated rings. The number of nitrogens with zero attached hydrogens (tertiary/aromatic N) is 2. The molecule has 1 aliphatic rings. The van der Waals surface area contributed by atoms with Gasteiger partial charge in [-0.25, -0.2) is 12.7 Å². The summed E-state index contributed by atoms with van der Waals surface area (Å²) in [6.45, 7) is 7.25. The van der Waals surface area contributed by atoms with Gasteiger partial charge in [-0.15, -0.1) is 0 Å². The van der Waals surface area contributed by atoms with E-state index in [1.807, 2.05) is 11.8 Å². The summed E-state index contributed by atoms with van der Waals surface area (Å²) in [5.41, 5.74) is 1.98. The molecular formula is C17H26N2O3S. The lowest BCUT2D eigenvalue weighted by molar-refractivity contribution is 0.0682. The summed E-state index contributed by atoms with van der Waals surface area (Å²) in [5, 5.41) is 0. The summed E-state index contributed by atoms with van der Waals surface area (Å²) in [4.78, 5) is 14.8. The molecule has 1 heterocycles. The van der Waals surface area contributed by atoms with Gasteiger partial charge in [0.2, 0.25) is 10.0 Å². The van der Waals surface area contributed by atoms with Gasteiger partial charge in [-0.05, 0) is 55.9 Å². The number of hydrogen-bond donors (Lipinski definition) is 0. The third-order valence-electron chi connectivity index (χ3n) is 4.57. The molecule has 0 aliphatic carbocycles. The number of amides is 1. The molecular weight excluding hydrogens is 312 g/mol. The van der Waals surface area contributed by atoms with Crippen molar-refractivity contribution in [1.29, 1.82) is 0 Å². The molecule has 1 saturated heterocycles. The topological polar surface area (TPSA) is 57.7 Å². The highest BCUT2D eigenvalue weighted by molar-refractivity contribution is 7.89. The zero-order valence-corrected chi connectivity index (χ0v) is 15.4. The maximum atomic E-state index is 12.8. The van der Waals surface area contributed by atoms with Gasteiger partial charge in [-0.3, -0.25) is 4.79 Å².